The number of benzene rings is 1. The molecule has 0 amide bonds. The molecule has 0 saturated heterocycles. The number of hydrogen-bond donors (Lipinski definition) is 1. The zero-order valence-electron chi connectivity index (χ0n) is 16.7. The third kappa shape index (κ3) is 3.21. The molecule has 0 spiro atoms. The SMILES string of the molecule is Cc1cc(Br)ccc1-c1ccc(CNC23CC4CC(C)(CC(C)(C4)C2)C3)o1. The molecule has 4 aliphatic carbocycles. The quantitative estimate of drug-likeness (QED) is 0.576. The van der Waals surface area contributed by atoms with E-state index in [2.05, 4.69) is 72.3 Å². The van der Waals surface area contributed by atoms with Crippen LogP contribution in [0, 0.1) is 23.7 Å². The number of nitrogens with one attached hydrogen (secondary N) is 1. The molecule has 1 N–H and O–H groups in total. The van der Waals surface area contributed by atoms with E-state index in [1.807, 2.05) is 0 Å². The van der Waals surface area contributed by atoms with E-state index in [-0.39, 0.29) is 0 Å². The fraction of sp³-hybridized carbons (Fsp3) is 0.583. The Labute approximate surface area is 171 Å². The largest absolute Gasteiger partial charge is 0.460 e. The minimum absolute atomic E-state index is 0.323. The molecule has 4 saturated carbocycles. The van der Waals surface area contributed by atoms with Gasteiger partial charge in [-0.25, -0.2) is 0 Å². The summed E-state index contributed by atoms with van der Waals surface area (Å²) in [6, 6.07) is 10.6. The molecule has 2 atom stereocenters. The van der Waals surface area contributed by atoms with Crippen molar-refractivity contribution in [3.63, 3.8) is 0 Å². The Bertz CT molecular complexity index is 866. The molecule has 2 aromatic rings. The second-order valence-electron chi connectivity index (χ2n) is 10.5. The highest BCUT2D eigenvalue weighted by molar-refractivity contribution is 9.10. The predicted octanol–water partition coefficient (Wildman–Crippen LogP) is 6.86. The van der Waals surface area contributed by atoms with Gasteiger partial charge < -0.3 is 9.73 Å². The standard InChI is InChI=1S/C24H30BrNO/c1-16-8-18(25)4-6-20(16)21-7-5-19(27-21)12-26-24-11-17-9-22(2,14-24)13-23(3,10-17)15-24/h4-8,17,26H,9-15H2,1-3H3. The smallest absolute Gasteiger partial charge is 0.134 e. The van der Waals surface area contributed by atoms with Crippen molar-refractivity contribution in [2.75, 3.05) is 0 Å². The molecule has 2 nitrogen and oxygen atoms in total. The number of furan rings is 1. The lowest BCUT2D eigenvalue weighted by Gasteiger charge is -2.65. The Morgan fingerprint density at radius 2 is 1.78 bits per heavy atom. The third-order valence-corrected chi connectivity index (χ3v) is 7.87. The average molecular weight is 428 g/mol. The number of aryl methyl sites for hydroxylation is 1. The van der Waals surface area contributed by atoms with Crippen molar-refractivity contribution in [2.45, 2.75) is 71.4 Å². The Morgan fingerprint density at radius 3 is 2.44 bits per heavy atom. The van der Waals surface area contributed by atoms with E-state index >= 15 is 0 Å². The normalized spacial score (nSPS) is 37.1. The van der Waals surface area contributed by atoms with E-state index in [4.69, 9.17) is 4.42 Å². The highest BCUT2D eigenvalue weighted by Crippen LogP contribution is 2.66. The maximum atomic E-state index is 6.23. The number of halogens is 1. The van der Waals surface area contributed by atoms with Crippen molar-refractivity contribution in [3.8, 4) is 11.3 Å². The zero-order valence-corrected chi connectivity index (χ0v) is 18.3. The highest BCUT2D eigenvalue weighted by Gasteiger charge is 2.59. The Balaban J connectivity index is 1.33. The monoisotopic (exact) mass is 427 g/mol. The van der Waals surface area contributed by atoms with Gasteiger partial charge in [-0.15, -0.1) is 0 Å². The van der Waals surface area contributed by atoms with Gasteiger partial charge >= 0.3 is 0 Å². The van der Waals surface area contributed by atoms with Gasteiger partial charge in [0.25, 0.3) is 0 Å². The summed E-state index contributed by atoms with van der Waals surface area (Å²) in [5, 5.41) is 3.98. The summed E-state index contributed by atoms with van der Waals surface area (Å²) in [6.07, 6.45) is 8.35. The molecule has 1 aromatic heterocycles. The second kappa shape index (κ2) is 5.97. The van der Waals surface area contributed by atoms with Gasteiger partial charge in [-0.3, -0.25) is 0 Å². The van der Waals surface area contributed by atoms with Crippen LogP contribution in [0.25, 0.3) is 11.3 Å². The lowest BCUT2D eigenvalue weighted by Crippen LogP contribution is -2.63. The molecule has 1 aromatic carbocycles. The summed E-state index contributed by atoms with van der Waals surface area (Å²) in [4.78, 5) is 0. The van der Waals surface area contributed by atoms with E-state index < -0.39 is 0 Å². The Kier molecular flexibility index (Phi) is 3.98. The fourth-order valence-electron chi connectivity index (χ4n) is 7.44. The van der Waals surface area contributed by atoms with E-state index in [9.17, 15) is 0 Å². The summed E-state index contributed by atoms with van der Waals surface area (Å²) in [6.45, 7) is 8.05. The third-order valence-electron chi connectivity index (χ3n) is 7.38. The van der Waals surface area contributed by atoms with E-state index in [0.717, 1.165) is 28.5 Å². The summed E-state index contributed by atoms with van der Waals surface area (Å²) < 4.78 is 7.34. The molecule has 3 heteroatoms. The first-order valence-electron chi connectivity index (χ1n) is 10.4. The van der Waals surface area contributed by atoms with Gasteiger partial charge in [-0.1, -0.05) is 29.8 Å². The summed E-state index contributed by atoms with van der Waals surface area (Å²) in [5.41, 5.74) is 3.83. The van der Waals surface area contributed by atoms with Crippen LogP contribution < -0.4 is 5.32 Å². The van der Waals surface area contributed by atoms with Crippen LogP contribution in [0.5, 0.6) is 0 Å². The molecule has 4 fully saturated rings. The van der Waals surface area contributed by atoms with Crippen LogP contribution in [0.3, 0.4) is 0 Å². The van der Waals surface area contributed by atoms with Gasteiger partial charge in [-0.2, -0.15) is 0 Å². The molecule has 0 aliphatic heterocycles. The predicted molar refractivity (Wildman–Crippen MR) is 114 cm³/mol. The second-order valence-corrected chi connectivity index (χ2v) is 11.4. The lowest BCUT2D eigenvalue weighted by atomic mass is 9.43. The van der Waals surface area contributed by atoms with E-state index in [1.165, 1.54) is 49.7 Å². The van der Waals surface area contributed by atoms with Gasteiger partial charge in [0.15, 0.2) is 0 Å². The summed E-state index contributed by atoms with van der Waals surface area (Å²) >= 11 is 3.54. The van der Waals surface area contributed by atoms with Gasteiger partial charge in [-0.05, 0) is 98.1 Å². The summed E-state index contributed by atoms with van der Waals surface area (Å²) in [7, 11) is 0. The van der Waals surface area contributed by atoms with Crippen LogP contribution in [0.15, 0.2) is 39.2 Å². The maximum Gasteiger partial charge on any atom is 0.134 e. The molecule has 27 heavy (non-hydrogen) atoms. The Morgan fingerprint density at radius 1 is 1.04 bits per heavy atom. The molecular formula is C24H30BrNO. The molecule has 4 aliphatic rings. The van der Waals surface area contributed by atoms with Crippen molar-refractivity contribution in [1.82, 2.24) is 5.32 Å². The molecule has 1 heterocycles. The lowest BCUT2D eigenvalue weighted by molar-refractivity contribution is -0.118. The highest BCUT2D eigenvalue weighted by atomic mass is 79.9. The van der Waals surface area contributed by atoms with Crippen LogP contribution in [-0.4, -0.2) is 5.54 Å². The van der Waals surface area contributed by atoms with Crippen molar-refractivity contribution in [3.05, 3.63) is 46.1 Å². The van der Waals surface area contributed by atoms with Crippen molar-refractivity contribution < 1.29 is 4.42 Å². The van der Waals surface area contributed by atoms with Crippen LogP contribution >= 0.6 is 15.9 Å². The van der Waals surface area contributed by atoms with Gasteiger partial charge in [0.2, 0.25) is 0 Å². The minimum Gasteiger partial charge on any atom is -0.460 e. The first-order valence-corrected chi connectivity index (χ1v) is 11.2. The molecule has 0 radical (unpaired) electrons. The topological polar surface area (TPSA) is 25.2 Å². The van der Waals surface area contributed by atoms with Crippen molar-refractivity contribution in [2.24, 2.45) is 16.7 Å². The summed E-state index contributed by atoms with van der Waals surface area (Å²) in [5.74, 6) is 2.95. The molecular weight excluding hydrogens is 398 g/mol. The van der Waals surface area contributed by atoms with Gasteiger partial charge in [0.1, 0.15) is 11.5 Å². The average Bonchev–Trinajstić information content (AvgIpc) is 2.98. The zero-order chi connectivity index (χ0) is 18.9. The molecule has 6 rings (SSSR count). The number of hydrogen-bond acceptors (Lipinski definition) is 2. The van der Waals surface area contributed by atoms with Crippen molar-refractivity contribution >= 4 is 15.9 Å². The number of rotatable bonds is 4. The van der Waals surface area contributed by atoms with Gasteiger partial charge in [0, 0.05) is 15.6 Å². The fourth-order valence-corrected chi connectivity index (χ4v) is 7.92. The molecule has 2 unspecified atom stereocenters. The van der Waals surface area contributed by atoms with E-state index in [0.29, 0.717) is 16.4 Å². The molecule has 144 valence electrons. The van der Waals surface area contributed by atoms with Crippen LogP contribution in [0.2, 0.25) is 0 Å². The van der Waals surface area contributed by atoms with Crippen LogP contribution in [-0.2, 0) is 6.54 Å². The van der Waals surface area contributed by atoms with Crippen LogP contribution in [0.4, 0.5) is 0 Å². The molecule has 4 bridgehead atoms. The van der Waals surface area contributed by atoms with Gasteiger partial charge in [0.05, 0.1) is 6.54 Å². The first kappa shape index (κ1) is 18.0. The Hall–Kier alpha value is -1.06. The van der Waals surface area contributed by atoms with E-state index in [1.54, 1.807) is 0 Å². The first-order chi connectivity index (χ1) is 12.8. The minimum atomic E-state index is 0.323. The van der Waals surface area contributed by atoms with Crippen molar-refractivity contribution in [1.29, 1.82) is 0 Å². The maximum absolute atomic E-state index is 6.23. The van der Waals surface area contributed by atoms with Crippen LogP contribution in [0.1, 0.15) is 63.7 Å².